The second-order valence-corrected chi connectivity index (χ2v) is 7.21. The summed E-state index contributed by atoms with van der Waals surface area (Å²) in [7, 11) is 0. The maximum Gasteiger partial charge on any atom is 0.342 e. The number of carboxylic acid groups (broad SMARTS) is 1. The van der Waals surface area contributed by atoms with Gasteiger partial charge in [-0.2, -0.15) is 0 Å². The number of carboxylic acids is 1. The van der Waals surface area contributed by atoms with Gasteiger partial charge in [-0.25, -0.2) is 10.9 Å². The van der Waals surface area contributed by atoms with Crippen molar-refractivity contribution in [2.24, 2.45) is 0 Å². The van der Waals surface area contributed by atoms with E-state index in [2.05, 4.69) is 0 Å². The number of benzene rings is 2. The molecule has 0 bridgehead atoms. The molecule has 0 aliphatic heterocycles. The number of halogens is 1. The summed E-state index contributed by atoms with van der Waals surface area (Å²) in [6.45, 7) is 7.41. The Bertz CT molecular complexity index is 809. The molecule has 2 aromatic carbocycles. The monoisotopic (exact) mass is 386 g/mol. The Balaban J connectivity index is 3.21. The molecule has 0 aliphatic carbocycles. The second-order valence-electron chi connectivity index (χ2n) is 4.89. The first-order valence-corrected chi connectivity index (χ1v) is 8.93. The van der Waals surface area contributed by atoms with Gasteiger partial charge in [0, 0.05) is 0 Å². The van der Waals surface area contributed by atoms with Gasteiger partial charge in [0.15, 0.2) is 0 Å². The van der Waals surface area contributed by atoms with Crippen molar-refractivity contribution in [3.8, 4) is 0 Å². The summed E-state index contributed by atoms with van der Waals surface area (Å²) in [6.07, 6.45) is 0. The molecule has 20 heavy (non-hydrogen) atoms. The molecule has 0 atom stereocenters. The highest BCUT2D eigenvalue weighted by molar-refractivity contribution is 14.2. The molecule has 106 valence electrons. The van der Waals surface area contributed by atoms with E-state index in [1.54, 1.807) is 13.0 Å². The van der Waals surface area contributed by atoms with Gasteiger partial charge in [0.1, 0.15) is 0 Å². The fourth-order valence-corrected chi connectivity index (χ4v) is 4.59. The standard InChI is InChI=1S/C15H15IO4/c1-7-5-6-11-12(8(7)2)9(3)10(4)14(16(19)20)13(11)15(17)18/h5-6H,1-4H3,(H,17,18). The van der Waals surface area contributed by atoms with Gasteiger partial charge in [0.25, 0.3) is 0 Å². The first kappa shape index (κ1) is 14.9. The van der Waals surface area contributed by atoms with Gasteiger partial charge >= 0.3 is 25.8 Å². The summed E-state index contributed by atoms with van der Waals surface area (Å²) in [4.78, 5) is 11.5. The molecule has 0 aromatic heterocycles. The molecule has 0 fully saturated rings. The van der Waals surface area contributed by atoms with Crippen LogP contribution in [0, 0.1) is 31.3 Å². The molecule has 4 nitrogen and oxygen atoms in total. The van der Waals surface area contributed by atoms with Crippen LogP contribution < -0.4 is 0 Å². The Labute approximate surface area is 124 Å². The molecule has 1 N–H and O–H groups in total. The van der Waals surface area contributed by atoms with E-state index in [-0.39, 0.29) is 9.13 Å². The Hall–Kier alpha value is -1.50. The minimum Gasteiger partial charge on any atom is -0.478 e. The van der Waals surface area contributed by atoms with Crippen molar-refractivity contribution in [2.45, 2.75) is 27.7 Å². The van der Waals surface area contributed by atoms with E-state index in [4.69, 9.17) is 0 Å². The van der Waals surface area contributed by atoms with Crippen LogP contribution >= 0.6 is 19.8 Å². The number of fused-ring (bicyclic) bond motifs is 1. The number of carbonyl (C=O) groups is 1. The molecule has 0 saturated heterocycles. The molecule has 0 aliphatic rings. The number of hydrogen-bond acceptors (Lipinski definition) is 3. The van der Waals surface area contributed by atoms with Gasteiger partial charge in [-0.1, -0.05) is 12.1 Å². The first-order chi connectivity index (χ1) is 9.27. The summed E-state index contributed by atoms with van der Waals surface area (Å²) in [6, 6.07) is 3.54. The van der Waals surface area contributed by atoms with Crippen LogP contribution in [0.25, 0.3) is 10.8 Å². The molecule has 0 unspecified atom stereocenters. The van der Waals surface area contributed by atoms with Gasteiger partial charge in [0.2, 0.25) is 0 Å². The minimum atomic E-state index is -3.89. The van der Waals surface area contributed by atoms with Crippen LogP contribution in [0.5, 0.6) is 0 Å². The van der Waals surface area contributed by atoms with Crippen LogP contribution in [0.4, 0.5) is 0 Å². The molecule has 0 heterocycles. The summed E-state index contributed by atoms with van der Waals surface area (Å²) in [5.41, 5.74) is 3.37. The summed E-state index contributed by atoms with van der Waals surface area (Å²) in [5, 5.41) is 10.8. The lowest BCUT2D eigenvalue weighted by molar-refractivity contribution is 0.0697. The molecule has 0 radical (unpaired) electrons. The zero-order valence-electron chi connectivity index (χ0n) is 11.7. The minimum absolute atomic E-state index is 0.00922. The van der Waals surface area contributed by atoms with E-state index >= 15 is 0 Å². The average Bonchev–Trinajstić information content (AvgIpc) is 2.36. The maximum absolute atomic E-state index is 11.6. The van der Waals surface area contributed by atoms with E-state index in [9.17, 15) is 16.0 Å². The van der Waals surface area contributed by atoms with Crippen molar-refractivity contribution < 1.29 is 16.0 Å². The lowest BCUT2D eigenvalue weighted by Crippen LogP contribution is -2.06. The molecule has 0 amide bonds. The van der Waals surface area contributed by atoms with Crippen molar-refractivity contribution in [3.05, 3.63) is 43.5 Å². The molecular weight excluding hydrogens is 371 g/mol. The number of aryl methyl sites for hydroxylation is 3. The third-order valence-electron chi connectivity index (χ3n) is 3.86. The van der Waals surface area contributed by atoms with Crippen LogP contribution in [-0.2, 0) is 6.14 Å². The topological polar surface area (TPSA) is 71.4 Å². The molecule has 2 aromatic rings. The highest BCUT2D eigenvalue weighted by Crippen LogP contribution is 2.37. The first-order valence-electron chi connectivity index (χ1n) is 6.09. The van der Waals surface area contributed by atoms with Gasteiger partial charge < -0.3 is 5.11 Å². The molecular formula is C15H15IO4. The smallest absolute Gasteiger partial charge is 0.342 e. The zero-order chi connectivity index (χ0) is 15.2. The van der Waals surface area contributed by atoms with E-state index in [1.807, 2.05) is 26.8 Å². The van der Waals surface area contributed by atoms with Crippen LogP contribution in [0.15, 0.2) is 12.1 Å². The predicted octanol–water partition coefficient (Wildman–Crippen LogP) is 4.14. The second kappa shape index (κ2) is 5.12. The molecule has 0 saturated carbocycles. The van der Waals surface area contributed by atoms with Crippen molar-refractivity contribution >= 4 is 36.5 Å². The Morgan fingerprint density at radius 3 is 2.10 bits per heavy atom. The lowest BCUT2D eigenvalue weighted by Gasteiger charge is -2.15. The lowest BCUT2D eigenvalue weighted by atomic mass is 9.91. The molecule has 2 rings (SSSR count). The highest BCUT2D eigenvalue weighted by Gasteiger charge is 2.23. The Morgan fingerprint density at radius 2 is 1.60 bits per heavy atom. The van der Waals surface area contributed by atoms with Crippen molar-refractivity contribution in [1.82, 2.24) is 0 Å². The van der Waals surface area contributed by atoms with Gasteiger partial charge in [0.05, 0.1) is 9.13 Å². The van der Waals surface area contributed by atoms with Crippen LogP contribution in [-0.4, -0.2) is 11.1 Å². The predicted molar refractivity (Wildman–Crippen MR) is 83.9 cm³/mol. The van der Waals surface area contributed by atoms with Gasteiger partial charge in [-0.3, -0.25) is 0 Å². The average molecular weight is 386 g/mol. The van der Waals surface area contributed by atoms with E-state index in [0.29, 0.717) is 10.9 Å². The van der Waals surface area contributed by atoms with E-state index < -0.39 is 25.8 Å². The SMILES string of the molecule is Cc1ccc2c(C(=O)O)c(I(=O)=O)c(C)c(C)c2c1C. The summed E-state index contributed by atoms with van der Waals surface area (Å²) in [5.74, 6) is -1.19. The van der Waals surface area contributed by atoms with Crippen LogP contribution in [0.3, 0.4) is 0 Å². The maximum atomic E-state index is 11.6. The van der Waals surface area contributed by atoms with Gasteiger partial charge in [-0.15, -0.1) is 0 Å². The van der Waals surface area contributed by atoms with Crippen molar-refractivity contribution in [2.75, 3.05) is 0 Å². The van der Waals surface area contributed by atoms with Crippen LogP contribution in [0.2, 0.25) is 0 Å². The van der Waals surface area contributed by atoms with E-state index in [0.717, 1.165) is 22.1 Å². The number of hydrogen-bond donors (Lipinski definition) is 1. The van der Waals surface area contributed by atoms with Crippen molar-refractivity contribution in [1.29, 1.82) is 0 Å². The third kappa shape index (κ3) is 2.09. The van der Waals surface area contributed by atoms with Crippen LogP contribution in [0.1, 0.15) is 32.6 Å². The molecule has 0 spiro atoms. The third-order valence-corrected chi connectivity index (χ3v) is 6.09. The number of rotatable bonds is 2. The fourth-order valence-electron chi connectivity index (χ4n) is 2.57. The van der Waals surface area contributed by atoms with E-state index in [1.165, 1.54) is 0 Å². The van der Waals surface area contributed by atoms with Crippen molar-refractivity contribution in [3.63, 3.8) is 0 Å². The Kier molecular flexibility index (Phi) is 3.82. The Morgan fingerprint density at radius 1 is 1.00 bits per heavy atom. The largest absolute Gasteiger partial charge is 0.478 e. The summed E-state index contributed by atoms with van der Waals surface area (Å²) < 4.78 is 23.1. The zero-order valence-corrected chi connectivity index (χ0v) is 13.9. The fraction of sp³-hybridized carbons (Fsp3) is 0.267. The molecule has 5 heteroatoms. The van der Waals surface area contributed by atoms with Gasteiger partial charge in [-0.05, 0) is 60.7 Å². The normalized spacial score (nSPS) is 11.2. The quantitative estimate of drug-likeness (QED) is 0.788. The summed E-state index contributed by atoms with van der Waals surface area (Å²) >= 11 is -3.89. The number of aromatic carboxylic acids is 1. The highest BCUT2D eigenvalue weighted by atomic mass is 127.